The molecule has 0 aromatic heterocycles. The third-order valence-corrected chi connectivity index (χ3v) is 3.27. The highest BCUT2D eigenvalue weighted by molar-refractivity contribution is 7.98. The van der Waals surface area contributed by atoms with E-state index in [1.807, 2.05) is 60.9 Å². The summed E-state index contributed by atoms with van der Waals surface area (Å²) in [5.74, 6) is 0. The smallest absolute Gasteiger partial charge is 0.307 e. The SMILES string of the molecule is CSc1ccc(/C=N\NC(=O)Nc2ccccc2)cc1. The summed E-state index contributed by atoms with van der Waals surface area (Å²) in [4.78, 5) is 12.8. The third kappa shape index (κ3) is 4.44. The Kier molecular flexibility index (Phi) is 5.20. The maximum atomic E-state index is 11.6. The van der Waals surface area contributed by atoms with E-state index < -0.39 is 0 Å². The Morgan fingerprint density at radius 2 is 1.80 bits per heavy atom. The summed E-state index contributed by atoms with van der Waals surface area (Å²) in [5.41, 5.74) is 4.08. The quantitative estimate of drug-likeness (QED) is 0.512. The molecule has 2 amide bonds. The molecule has 0 saturated heterocycles. The van der Waals surface area contributed by atoms with E-state index in [0.717, 1.165) is 11.3 Å². The second kappa shape index (κ2) is 7.35. The van der Waals surface area contributed by atoms with Crippen molar-refractivity contribution in [3.63, 3.8) is 0 Å². The van der Waals surface area contributed by atoms with Gasteiger partial charge in [0.15, 0.2) is 0 Å². The van der Waals surface area contributed by atoms with Gasteiger partial charge in [-0.05, 0) is 36.1 Å². The molecule has 2 aromatic carbocycles. The zero-order valence-electron chi connectivity index (χ0n) is 11.0. The number of hydrogen-bond acceptors (Lipinski definition) is 3. The Balaban J connectivity index is 1.84. The van der Waals surface area contributed by atoms with Crippen LogP contribution in [0, 0.1) is 0 Å². The lowest BCUT2D eigenvalue weighted by Crippen LogP contribution is -2.24. The Morgan fingerprint density at radius 1 is 1.10 bits per heavy atom. The number of hydrazone groups is 1. The molecule has 0 heterocycles. The van der Waals surface area contributed by atoms with Crippen LogP contribution in [-0.4, -0.2) is 18.5 Å². The number of hydrogen-bond donors (Lipinski definition) is 2. The van der Waals surface area contributed by atoms with E-state index in [1.54, 1.807) is 18.0 Å². The summed E-state index contributed by atoms with van der Waals surface area (Å²) in [6.45, 7) is 0. The fourth-order valence-electron chi connectivity index (χ4n) is 1.54. The molecule has 0 atom stereocenters. The average Bonchev–Trinajstić information content (AvgIpc) is 2.49. The molecule has 0 spiro atoms. The maximum absolute atomic E-state index is 11.6. The molecule has 2 N–H and O–H groups in total. The molecule has 2 aromatic rings. The molecular weight excluding hydrogens is 270 g/mol. The maximum Gasteiger partial charge on any atom is 0.339 e. The first-order valence-corrected chi connectivity index (χ1v) is 7.29. The van der Waals surface area contributed by atoms with Gasteiger partial charge in [0.05, 0.1) is 6.21 Å². The van der Waals surface area contributed by atoms with Crippen molar-refractivity contribution in [2.24, 2.45) is 5.10 Å². The fraction of sp³-hybridized carbons (Fsp3) is 0.0667. The summed E-state index contributed by atoms with van der Waals surface area (Å²) in [6.07, 6.45) is 3.63. The van der Waals surface area contributed by atoms with Gasteiger partial charge in [0.2, 0.25) is 0 Å². The molecular formula is C15H15N3OS. The zero-order valence-corrected chi connectivity index (χ0v) is 11.9. The molecule has 0 bridgehead atoms. The van der Waals surface area contributed by atoms with Gasteiger partial charge in [-0.1, -0.05) is 30.3 Å². The van der Waals surface area contributed by atoms with Gasteiger partial charge in [0.25, 0.3) is 0 Å². The number of benzene rings is 2. The largest absolute Gasteiger partial charge is 0.339 e. The molecule has 0 fully saturated rings. The number of amides is 2. The van der Waals surface area contributed by atoms with Gasteiger partial charge in [-0.2, -0.15) is 5.10 Å². The number of carbonyl (C=O) groups excluding carboxylic acids is 1. The van der Waals surface area contributed by atoms with E-state index in [4.69, 9.17) is 0 Å². The highest BCUT2D eigenvalue weighted by atomic mass is 32.2. The summed E-state index contributed by atoms with van der Waals surface area (Å²) >= 11 is 1.68. The first-order valence-electron chi connectivity index (χ1n) is 6.07. The molecule has 0 saturated carbocycles. The lowest BCUT2D eigenvalue weighted by Gasteiger charge is -2.03. The highest BCUT2D eigenvalue weighted by Gasteiger charge is 1.98. The summed E-state index contributed by atoms with van der Waals surface area (Å²) in [7, 11) is 0. The zero-order chi connectivity index (χ0) is 14.2. The second-order valence-electron chi connectivity index (χ2n) is 3.96. The Morgan fingerprint density at radius 3 is 2.45 bits per heavy atom. The van der Waals surface area contributed by atoms with Crippen molar-refractivity contribution in [1.29, 1.82) is 0 Å². The predicted molar refractivity (Wildman–Crippen MR) is 84.4 cm³/mol. The topological polar surface area (TPSA) is 53.5 Å². The number of anilines is 1. The minimum absolute atomic E-state index is 0.367. The van der Waals surface area contributed by atoms with Crippen molar-refractivity contribution in [2.45, 2.75) is 4.90 Å². The lowest BCUT2D eigenvalue weighted by molar-refractivity contribution is 0.252. The number of urea groups is 1. The van der Waals surface area contributed by atoms with Crippen molar-refractivity contribution in [3.05, 3.63) is 60.2 Å². The van der Waals surface area contributed by atoms with Gasteiger partial charge < -0.3 is 5.32 Å². The van der Waals surface area contributed by atoms with Crippen molar-refractivity contribution >= 4 is 29.7 Å². The van der Waals surface area contributed by atoms with E-state index in [1.165, 1.54) is 4.90 Å². The first-order chi connectivity index (χ1) is 9.78. The normalized spacial score (nSPS) is 10.4. The van der Waals surface area contributed by atoms with Gasteiger partial charge >= 0.3 is 6.03 Å². The molecule has 2 rings (SSSR count). The number of rotatable bonds is 4. The fourth-order valence-corrected chi connectivity index (χ4v) is 1.94. The van der Waals surface area contributed by atoms with Crippen molar-refractivity contribution in [2.75, 3.05) is 11.6 Å². The summed E-state index contributed by atoms with van der Waals surface area (Å²) in [5, 5.41) is 6.58. The van der Waals surface area contributed by atoms with Crippen LogP contribution in [0.1, 0.15) is 5.56 Å². The van der Waals surface area contributed by atoms with Crippen LogP contribution < -0.4 is 10.7 Å². The first kappa shape index (κ1) is 14.1. The van der Waals surface area contributed by atoms with Gasteiger partial charge in [0.1, 0.15) is 0 Å². The molecule has 102 valence electrons. The van der Waals surface area contributed by atoms with Crippen molar-refractivity contribution < 1.29 is 4.79 Å². The second-order valence-corrected chi connectivity index (χ2v) is 4.84. The van der Waals surface area contributed by atoms with Gasteiger partial charge in [-0.15, -0.1) is 11.8 Å². The van der Waals surface area contributed by atoms with Crippen LogP contribution in [0.3, 0.4) is 0 Å². The van der Waals surface area contributed by atoms with Crippen LogP contribution in [0.5, 0.6) is 0 Å². The summed E-state index contributed by atoms with van der Waals surface area (Å²) < 4.78 is 0. The minimum atomic E-state index is -0.367. The van der Waals surface area contributed by atoms with Crippen LogP contribution in [0.25, 0.3) is 0 Å². The third-order valence-electron chi connectivity index (χ3n) is 2.53. The minimum Gasteiger partial charge on any atom is -0.307 e. The molecule has 0 aliphatic heterocycles. The number of para-hydroxylation sites is 1. The van der Waals surface area contributed by atoms with Crippen LogP contribution in [0.2, 0.25) is 0 Å². The molecule has 0 aliphatic rings. The molecule has 5 heteroatoms. The molecule has 0 radical (unpaired) electrons. The standard InChI is InChI=1S/C15H15N3OS/c1-20-14-9-7-12(8-10-14)11-16-18-15(19)17-13-5-3-2-4-6-13/h2-11H,1H3,(H2,17,18,19)/b16-11-. The number of nitrogens with zero attached hydrogens (tertiary/aromatic N) is 1. The Labute approximate surface area is 122 Å². The van der Waals surface area contributed by atoms with Crippen molar-refractivity contribution in [3.8, 4) is 0 Å². The van der Waals surface area contributed by atoms with Crippen LogP contribution in [0.15, 0.2) is 64.6 Å². The van der Waals surface area contributed by atoms with E-state index in [-0.39, 0.29) is 6.03 Å². The van der Waals surface area contributed by atoms with Crippen LogP contribution in [0.4, 0.5) is 10.5 Å². The molecule has 0 unspecified atom stereocenters. The van der Waals surface area contributed by atoms with Gasteiger partial charge in [0, 0.05) is 10.6 Å². The molecule has 0 aliphatic carbocycles. The van der Waals surface area contributed by atoms with Crippen molar-refractivity contribution in [1.82, 2.24) is 5.43 Å². The monoisotopic (exact) mass is 285 g/mol. The highest BCUT2D eigenvalue weighted by Crippen LogP contribution is 2.13. The Hall–Kier alpha value is -2.27. The number of carbonyl (C=O) groups is 1. The van der Waals surface area contributed by atoms with Crippen LogP contribution in [-0.2, 0) is 0 Å². The number of thioether (sulfide) groups is 1. The number of nitrogens with one attached hydrogen (secondary N) is 2. The summed E-state index contributed by atoms with van der Waals surface area (Å²) in [6, 6.07) is 16.8. The van der Waals surface area contributed by atoms with Crippen LogP contribution >= 0.6 is 11.8 Å². The molecule has 20 heavy (non-hydrogen) atoms. The van der Waals surface area contributed by atoms with Gasteiger partial charge in [-0.3, -0.25) is 0 Å². The predicted octanol–water partition coefficient (Wildman–Crippen LogP) is 3.56. The van der Waals surface area contributed by atoms with E-state index >= 15 is 0 Å². The van der Waals surface area contributed by atoms with E-state index in [2.05, 4.69) is 15.8 Å². The van der Waals surface area contributed by atoms with E-state index in [9.17, 15) is 4.79 Å². The van der Waals surface area contributed by atoms with E-state index in [0.29, 0.717) is 0 Å². The lowest BCUT2D eigenvalue weighted by atomic mass is 10.2. The van der Waals surface area contributed by atoms with Gasteiger partial charge in [-0.25, -0.2) is 10.2 Å². The Bertz CT molecular complexity index is 582. The average molecular weight is 285 g/mol. The molecule has 4 nitrogen and oxygen atoms in total.